The number of rotatable bonds is 6. The van der Waals surface area contributed by atoms with Crippen LogP contribution in [0.15, 0.2) is 12.2 Å². The molecule has 0 atom stereocenters. The molecular weight excluding hydrogens is 192 g/mol. The Kier molecular flexibility index (Phi) is 7.03. The van der Waals surface area contributed by atoms with Gasteiger partial charge in [0.2, 0.25) is 0 Å². The summed E-state index contributed by atoms with van der Waals surface area (Å²) >= 11 is 0. The Morgan fingerprint density at radius 1 is 0.625 bits per heavy atom. The quantitative estimate of drug-likeness (QED) is 0.385. The molecule has 0 saturated carbocycles. The van der Waals surface area contributed by atoms with Gasteiger partial charge in [0.05, 0.1) is 0 Å². The van der Waals surface area contributed by atoms with Gasteiger partial charge in [-0.1, -0.05) is 53.7 Å². The summed E-state index contributed by atoms with van der Waals surface area (Å²) in [5.74, 6) is 0. The third kappa shape index (κ3) is 13.7. The molecule has 0 N–H and O–H groups in total. The van der Waals surface area contributed by atoms with Crippen LogP contribution < -0.4 is 0 Å². The zero-order chi connectivity index (χ0) is 12.7. The van der Waals surface area contributed by atoms with E-state index in [-0.39, 0.29) is 0 Å². The lowest BCUT2D eigenvalue weighted by atomic mass is 9.89. The van der Waals surface area contributed by atoms with Crippen LogP contribution in [0.25, 0.3) is 0 Å². The third-order valence-electron chi connectivity index (χ3n) is 2.76. The van der Waals surface area contributed by atoms with E-state index in [0.717, 1.165) is 0 Å². The van der Waals surface area contributed by atoms with Crippen molar-refractivity contribution in [2.24, 2.45) is 10.8 Å². The molecule has 0 aromatic heterocycles. The van der Waals surface area contributed by atoms with E-state index in [4.69, 9.17) is 0 Å². The van der Waals surface area contributed by atoms with E-state index in [1.54, 1.807) is 0 Å². The molecule has 0 saturated heterocycles. The van der Waals surface area contributed by atoms with E-state index in [1.807, 2.05) is 0 Å². The second kappa shape index (κ2) is 7.14. The number of hydrogen-bond acceptors (Lipinski definition) is 0. The molecule has 0 unspecified atom stereocenters. The smallest absolute Gasteiger partial charge is 0.0351 e. The number of allylic oxidation sites excluding steroid dienone is 2. The first kappa shape index (κ1) is 15.7. The molecule has 0 spiro atoms. The molecule has 0 bridgehead atoms. The number of unbranched alkanes of at least 4 members (excludes halogenated alkanes) is 2. The van der Waals surface area contributed by atoms with Crippen molar-refractivity contribution in [2.75, 3.05) is 0 Å². The molecule has 0 aliphatic heterocycles. The van der Waals surface area contributed by atoms with E-state index < -0.39 is 0 Å². The van der Waals surface area contributed by atoms with Gasteiger partial charge in [-0.05, 0) is 49.4 Å². The first-order valence-electron chi connectivity index (χ1n) is 6.86. The molecule has 0 aliphatic rings. The van der Waals surface area contributed by atoms with Crippen LogP contribution in [-0.4, -0.2) is 0 Å². The summed E-state index contributed by atoms with van der Waals surface area (Å²) < 4.78 is 0. The van der Waals surface area contributed by atoms with Crippen molar-refractivity contribution in [2.45, 2.75) is 80.1 Å². The van der Waals surface area contributed by atoms with Gasteiger partial charge in [0.25, 0.3) is 0 Å². The van der Waals surface area contributed by atoms with Gasteiger partial charge in [-0.15, -0.1) is 0 Å². The van der Waals surface area contributed by atoms with Crippen molar-refractivity contribution < 1.29 is 0 Å². The van der Waals surface area contributed by atoms with Crippen molar-refractivity contribution in [3.05, 3.63) is 12.2 Å². The molecule has 0 radical (unpaired) electrons. The summed E-state index contributed by atoms with van der Waals surface area (Å²) in [6.07, 6.45) is 12.6. The van der Waals surface area contributed by atoms with E-state index in [0.29, 0.717) is 10.8 Å². The van der Waals surface area contributed by atoms with Crippen molar-refractivity contribution >= 4 is 0 Å². The zero-order valence-electron chi connectivity index (χ0n) is 12.4. The van der Waals surface area contributed by atoms with Crippen LogP contribution in [0.3, 0.4) is 0 Å². The van der Waals surface area contributed by atoms with Crippen LogP contribution in [-0.2, 0) is 0 Å². The van der Waals surface area contributed by atoms with Gasteiger partial charge in [0.1, 0.15) is 0 Å². The van der Waals surface area contributed by atoms with Crippen LogP contribution in [0, 0.1) is 10.8 Å². The minimum atomic E-state index is 0.500. The molecular formula is C16H32. The van der Waals surface area contributed by atoms with Gasteiger partial charge in [-0.25, -0.2) is 0 Å². The SMILES string of the molecule is CC(C)(C)CCC/C=C/CCCC(C)(C)C. The fourth-order valence-electron chi connectivity index (χ4n) is 1.74. The normalized spacial score (nSPS) is 13.6. The highest BCUT2D eigenvalue weighted by atomic mass is 14.1. The standard InChI is InChI=1S/C16H32/c1-15(2,3)13-11-9-7-8-10-12-14-16(4,5)6/h7-8H,9-14H2,1-6H3/b8-7+. The molecule has 0 heteroatoms. The Morgan fingerprint density at radius 3 is 1.19 bits per heavy atom. The zero-order valence-corrected chi connectivity index (χ0v) is 12.4. The topological polar surface area (TPSA) is 0 Å². The molecule has 0 aliphatic carbocycles. The number of hydrogen-bond donors (Lipinski definition) is 0. The predicted octanol–water partition coefficient (Wildman–Crippen LogP) is 5.98. The van der Waals surface area contributed by atoms with E-state index >= 15 is 0 Å². The summed E-state index contributed by atoms with van der Waals surface area (Å²) in [6.45, 7) is 13.9. The maximum Gasteiger partial charge on any atom is -0.0351 e. The summed E-state index contributed by atoms with van der Waals surface area (Å²) in [6, 6.07) is 0. The van der Waals surface area contributed by atoms with Crippen LogP contribution in [0.2, 0.25) is 0 Å². The van der Waals surface area contributed by atoms with Crippen molar-refractivity contribution in [1.82, 2.24) is 0 Å². The van der Waals surface area contributed by atoms with Crippen LogP contribution in [0.5, 0.6) is 0 Å². The molecule has 0 aromatic carbocycles. The molecule has 16 heavy (non-hydrogen) atoms. The molecule has 0 nitrogen and oxygen atoms in total. The maximum atomic E-state index is 2.37. The van der Waals surface area contributed by atoms with Gasteiger partial charge in [-0.3, -0.25) is 0 Å². The lowest BCUT2D eigenvalue weighted by Crippen LogP contribution is -2.03. The molecule has 0 heterocycles. The van der Waals surface area contributed by atoms with Crippen molar-refractivity contribution in [1.29, 1.82) is 0 Å². The van der Waals surface area contributed by atoms with Gasteiger partial charge >= 0.3 is 0 Å². The second-order valence-electron chi connectivity index (χ2n) is 7.38. The summed E-state index contributed by atoms with van der Waals surface area (Å²) in [5.41, 5.74) is 1.00. The maximum absolute atomic E-state index is 2.37. The van der Waals surface area contributed by atoms with E-state index in [9.17, 15) is 0 Å². The highest BCUT2D eigenvalue weighted by molar-refractivity contribution is 4.82. The average Bonchev–Trinajstić information content (AvgIpc) is 2.06. The van der Waals surface area contributed by atoms with E-state index in [1.165, 1.54) is 38.5 Å². The largest absolute Gasteiger partial charge is 0.0885 e. The summed E-state index contributed by atoms with van der Waals surface area (Å²) in [4.78, 5) is 0. The first-order valence-corrected chi connectivity index (χ1v) is 6.86. The molecule has 0 amide bonds. The van der Waals surface area contributed by atoms with Crippen molar-refractivity contribution in [3.8, 4) is 0 Å². The first-order chi connectivity index (χ1) is 7.21. The fraction of sp³-hybridized carbons (Fsp3) is 0.875. The highest BCUT2D eigenvalue weighted by Gasteiger charge is 2.08. The fourth-order valence-corrected chi connectivity index (χ4v) is 1.74. The highest BCUT2D eigenvalue weighted by Crippen LogP contribution is 2.22. The molecule has 0 rings (SSSR count). The van der Waals surface area contributed by atoms with Gasteiger partial charge in [0.15, 0.2) is 0 Å². The molecule has 0 aromatic rings. The monoisotopic (exact) mass is 224 g/mol. The Hall–Kier alpha value is -0.260. The lowest BCUT2D eigenvalue weighted by molar-refractivity contribution is 0.365. The second-order valence-corrected chi connectivity index (χ2v) is 7.38. The third-order valence-corrected chi connectivity index (χ3v) is 2.76. The summed E-state index contributed by atoms with van der Waals surface area (Å²) in [7, 11) is 0. The average molecular weight is 224 g/mol. The Labute approximate surface area is 104 Å². The molecule has 0 fully saturated rings. The lowest BCUT2D eigenvalue weighted by Gasteiger charge is -2.17. The van der Waals surface area contributed by atoms with Crippen LogP contribution >= 0.6 is 0 Å². The predicted molar refractivity (Wildman–Crippen MR) is 75.8 cm³/mol. The Bertz CT molecular complexity index is 163. The van der Waals surface area contributed by atoms with Gasteiger partial charge < -0.3 is 0 Å². The van der Waals surface area contributed by atoms with E-state index in [2.05, 4.69) is 53.7 Å². The van der Waals surface area contributed by atoms with Crippen LogP contribution in [0.1, 0.15) is 80.1 Å². The van der Waals surface area contributed by atoms with Crippen LogP contribution in [0.4, 0.5) is 0 Å². The van der Waals surface area contributed by atoms with Gasteiger partial charge in [-0.2, -0.15) is 0 Å². The minimum absolute atomic E-state index is 0.500. The van der Waals surface area contributed by atoms with Gasteiger partial charge in [0, 0.05) is 0 Å². The van der Waals surface area contributed by atoms with Crippen molar-refractivity contribution in [3.63, 3.8) is 0 Å². The Morgan fingerprint density at radius 2 is 0.938 bits per heavy atom. The summed E-state index contributed by atoms with van der Waals surface area (Å²) in [5, 5.41) is 0. The molecule has 96 valence electrons. The Balaban J connectivity index is 3.36. The minimum Gasteiger partial charge on any atom is -0.0885 e.